The Bertz CT molecular complexity index is 784. The minimum atomic E-state index is -3.57. The van der Waals surface area contributed by atoms with Crippen LogP contribution in [-0.4, -0.2) is 43.5 Å². The second-order valence-corrected chi connectivity index (χ2v) is 8.16. The summed E-state index contributed by atoms with van der Waals surface area (Å²) in [5, 5.41) is 0.671. The third kappa shape index (κ3) is 3.24. The van der Waals surface area contributed by atoms with Crippen LogP contribution in [-0.2, 0) is 14.8 Å². The molecule has 2 heterocycles. The van der Waals surface area contributed by atoms with Crippen LogP contribution in [0.5, 0.6) is 0 Å². The maximum Gasteiger partial charge on any atom is 0.244 e. The molecule has 0 aliphatic carbocycles. The fourth-order valence-corrected chi connectivity index (χ4v) is 4.92. The quantitative estimate of drug-likeness (QED) is 0.862. The summed E-state index contributed by atoms with van der Waals surface area (Å²) in [4.78, 5) is 4.59. The molecule has 1 saturated heterocycles. The lowest BCUT2D eigenvalue weighted by Crippen LogP contribution is -2.49. The molecule has 23 heavy (non-hydrogen) atoms. The number of morpholine rings is 1. The second-order valence-electron chi connectivity index (χ2n) is 6.30. The summed E-state index contributed by atoms with van der Waals surface area (Å²) in [6.07, 6.45) is 2.47. The summed E-state index contributed by atoms with van der Waals surface area (Å²) in [6.45, 7) is 5.50. The van der Waals surface area contributed by atoms with Crippen molar-refractivity contribution < 1.29 is 13.2 Å². The van der Waals surface area contributed by atoms with E-state index in [9.17, 15) is 8.42 Å². The first kappa shape index (κ1) is 16.4. The van der Waals surface area contributed by atoms with Crippen molar-refractivity contribution in [1.82, 2.24) is 9.29 Å². The largest absolute Gasteiger partial charge is 0.378 e. The topological polar surface area (TPSA) is 59.5 Å². The third-order valence-electron chi connectivity index (χ3n) is 4.11. The van der Waals surface area contributed by atoms with Crippen LogP contribution in [0.2, 0.25) is 0 Å². The van der Waals surface area contributed by atoms with Crippen LogP contribution in [0.1, 0.15) is 20.3 Å². The number of aromatic nitrogens is 1. The summed E-state index contributed by atoms with van der Waals surface area (Å²) >= 11 is 0. The smallest absolute Gasteiger partial charge is 0.244 e. The molecule has 0 bridgehead atoms. The van der Waals surface area contributed by atoms with E-state index in [-0.39, 0.29) is 6.04 Å². The van der Waals surface area contributed by atoms with Gasteiger partial charge < -0.3 is 4.74 Å². The highest BCUT2D eigenvalue weighted by molar-refractivity contribution is 7.89. The lowest BCUT2D eigenvalue weighted by Gasteiger charge is -2.35. The summed E-state index contributed by atoms with van der Waals surface area (Å²) in [6, 6.07) is 8.72. The summed E-state index contributed by atoms with van der Waals surface area (Å²) in [5.74, 6) is 0.411. The van der Waals surface area contributed by atoms with Crippen molar-refractivity contribution in [2.24, 2.45) is 5.92 Å². The maximum atomic E-state index is 13.2. The first-order chi connectivity index (χ1) is 11.0. The number of ether oxygens (including phenoxy) is 1. The highest BCUT2D eigenvalue weighted by Gasteiger charge is 2.35. The van der Waals surface area contributed by atoms with Crippen LogP contribution in [0.3, 0.4) is 0 Å². The highest BCUT2D eigenvalue weighted by atomic mass is 32.2. The van der Waals surface area contributed by atoms with Gasteiger partial charge in [-0.1, -0.05) is 19.9 Å². The Morgan fingerprint density at radius 2 is 2.13 bits per heavy atom. The highest BCUT2D eigenvalue weighted by Crippen LogP contribution is 2.28. The predicted octanol–water partition coefficient (Wildman–Crippen LogP) is 2.67. The predicted molar refractivity (Wildman–Crippen MR) is 89.7 cm³/mol. The number of rotatable bonds is 4. The number of hydrogen-bond donors (Lipinski definition) is 0. The fraction of sp³-hybridized carbons (Fsp3) is 0.471. The molecule has 1 fully saturated rings. The molecule has 3 rings (SSSR count). The summed E-state index contributed by atoms with van der Waals surface area (Å²) in [5.41, 5.74) is 0.697. The van der Waals surface area contributed by atoms with Gasteiger partial charge in [0, 0.05) is 24.2 Å². The number of sulfonamides is 1. The zero-order valence-corrected chi connectivity index (χ0v) is 14.3. The molecule has 1 aromatic heterocycles. The zero-order chi connectivity index (χ0) is 16.4. The van der Waals surface area contributed by atoms with Crippen molar-refractivity contribution in [3.05, 3.63) is 36.5 Å². The molecule has 0 saturated carbocycles. The molecule has 1 unspecified atom stereocenters. The normalized spacial score (nSPS) is 20.2. The van der Waals surface area contributed by atoms with Crippen LogP contribution >= 0.6 is 0 Å². The van der Waals surface area contributed by atoms with Gasteiger partial charge >= 0.3 is 0 Å². The molecule has 0 amide bonds. The first-order valence-corrected chi connectivity index (χ1v) is 9.37. The number of benzene rings is 1. The van der Waals surface area contributed by atoms with E-state index in [1.807, 2.05) is 12.1 Å². The van der Waals surface area contributed by atoms with Crippen molar-refractivity contribution in [2.45, 2.75) is 31.2 Å². The minimum Gasteiger partial charge on any atom is -0.378 e. The molecule has 5 nitrogen and oxygen atoms in total. The van der Waals surface area contributed by atoms with Gasteiger partial charge in [-0.3, -0.25) is 4.98 Å². The molecule has 1 aliphatic heterocycles. The van der Waals surface area contributed by atoms with Crippen LogP contribution in [0.15, 0.2) is 41.4 Å². The Kier molecular flexibility index (Phi) is 4.66. The van der Waals surface area contributed by atoms with Crippen LogP contribution in [0.4, 0.5) is 0 Å². The van der Waals surface area contributed by atoms with E-state index < -0.39 is 10.0 Å². The number of fused-ring (bicyclic) bond motifs is 1. The first-order valence-electron chi connectivity index (χ1n) is 7.93. The van der Waals surface area contributed by atoms with Crippen molar-refractivity contribution >= 4 is 20.9 Å². The molecule has 1 atom stereocenters. The van der Waals surface area contributed by atoms with Gasteiger partial charge in [0.2, 0.25) is 10.0 Å². The van der Waals surface area contributed by atoms with E-state index in [1.165, 1.54) is 0 Å². The molecule has 0 N–H and O–H groups in total. The van der Waals surface area contributed by atoms with E-state index in [0.29, 0.717) is 41.5 Å². The SMILES string of the molecule is CC(C)CC1COCCN1S(=O)(=O)c1cccc2ncccc12. The van der Waals surface area contributed by atoms with Crippen molar-refractivity contribution in [1.29, 1.82) is 0 Å². The monoisotopic (exact) mass is 334 g/mol. The Hall–Kier alpha value is -1.50. The van der Waals surface area contributed by atoms with Gasteiger partial charge in [-0.05, 0) is 36.6 Å². The van der Waals surface area contributed by atoms with Crippen LogP contribution in [0.25, 0.3) is 10.9 Å². The van der Waals surface area contributed by atoms with Gasteiger partial charge in [-0.15, -0.1) is 0 Å². The molecule has 6 heteroatoms. The molecular weight excluding hydrogens is 312 g/mol. The number of nitrogens with zero attached hydrogens (tertiary/aromatic N) is 2. The van der Waals surface area contributed by atoms with Crippen molar-refractivity contribution in [3.8, 4) is 0 Å². The zero-order valence-electron chi connectivity index (χ0n) is 13.5. The van der Waals surface area contributed by atoms with Gasteiger partial charge in [-0.25, -0.2) is 8.42 Å². The molecule has 0 radical (unpaired) electrons. The molecule has 1 aliphatic rings. The Morgan fingerprint density at radius 3 is 2.91 bits per heavy atom. The lowest BCUT2D eigenvalue weighted by atomic mass is 10.0. The van der Waals surface area contributed by atoms with E-state index in [0.717, 1.165) is 6.42 Å². The van der Waals surface area contributed by atoms with Crippen LogP contribution in [0, 0.1) is 5.92 Å². The number of hydrogen-bond acceptors (Lipinski definition) is 4. The minimum absolute atomic E-state index is 0.110. The molecule has 1 aromatic carbocycles. The third-order valence-corrected chi connectivity index (χ3v) is 6.12. The second kappa shape index (κ2) is 6.55. The van der Waals surface area contributed by atoms with E-state index >= 15 is 0 Å². The maximum absolute atomic E-state index is 13.2. The Balaban J connectivity index is 2.05. The molecular formula is C17H22N2O3S. The van der Waals surface area contributed by atoms with E-state index in [4.69, 9.17) is 4.74 Å². The summed E-state index contributed by atoms with van der Waals surface area (Å²) in [7, 11) is -3.57. The molecule has 124 valence electrons. The van der Waals surface area contributed by atoms with Crippen molar-refractivity contribution in [3.63, 3.8) is 0 Å². The lowest BCUT2D eigenvalue weighted by molar-refractivity contribution is 0.0254. The van der Waals surface area contributed by atoms with E-state index in [1.54, 1.807) is 28.7 Å². The van der Waals surface area contributed by atoms with E-state index in [2.05, 4.69) is 18.8 Å². The van der Waals surface area contributed by atoms with Gasteiger partial charge in [-0.2, -0.15) is 4.31 Å². The molecule has 0 spiro atoms. The average molecular weight is 334 g/mol. The molecule has 2 aromatic rings. The van der Waals surface area contributed by atoms with Gasteiger partial charge in [0.05, 0.1) is 23.6 Å². The Labute approximate surface area is 137 Å². The number of pyridine rings is 1. The van der Waals surface area contributed by atoms with Gasteiger partial charge in [0.1, 0.15) is 0 Å². The van der Waals surface area contributed by atoms with Gasteiger partial charge in [0.25, 0.3) is 0 Å². The van der Waals surface area contributed by atoms with Crippen molar-refractivity contribution in [2.75, 3.05) is 19.8 Å². The standard InChI is InChI=1S/C17H22N2O3S/c1-13(2)11-14-12-22-10-9-19(14)23(20,21)17-7-3-6-16-15(17)5-4-8-18-16/h3-8,13-14H,9-12H2,1-2H3. The van der Waals surface area contributed by atoms with Gasteiger partial charge in [0.15, 0.2) is 0 Å². The average Bonchev–Trinajstić information content (AvgIpc) is 2.54. The van der Waals surface area contributed by atoms with Crippen LogP contribution < -0.4 is 0 Å². The summed E-state index contributed by atoms with van der Waals surface area (Å²) < 4.78 is 33.6. The fourth-order valence-electron chi connectivity index (χ4n) is 3.11. The Morgan fingerprint density at radius 1 is 1.30 bits per heavy atom.